The van der Waals surface area contributed by atoms with E-state index in [1.807, 2.05) is 0 Å². The summed E-state index contributed by atoms with van der Waals surface area (Å²) in [7, 11) is 2.13. The molecule has 1 aromatic carbocycles. The van der Waals surface area contributed by atoms with Gasteiger partial charge in [0.15, 0.2) is 0 Å². The summed E-state index contributed by atoms with van der Waals surface area (Å²) < 4.78 is 3.49. The van der Waals surface area contributed by atoms with Crippen molar-refractivity contribution in [2.75, 3.05) is 0 Å². The Morgan fingerprint density at radius 1 is 1.36 bits per heavy atom. The Morgan fingerprint density at radius 3 is 2.71 bits per heavy atom. The monoisotopic (exact) mass is 251 g/mol. The van der Waals surface area contributed by atoms with Gasteiger partial charge in [-0.05, 0) is 34.8 Å². The summed E-state index contributed by atoms with van der Waals surface area (Å²) in [5.74, 6) is 0. The first kappa shape index (κ1) is 9.78. The van der Waals surface area contributed by atoms with Gasteiger partial charge in [0.1, 0.15) is 0 Å². The minimum atomic E-state index is 1.08. The van der Waals surface area contributed by atoms with E-state index in [-0.39, 0.29) is 0 Å². The first-order chi connectivity index (χ1) is 6.66. The van der Waals surface area contributed by atoms with E-state index < -0.39 is 0 Å². The molecule has 0 radical (unpaired) electrons. The van der Waals surface area contributed by atoms with Gasteiger partial charge < -0.3 is 4.57 Å². The number of nitrogens with zero attached hydrogens (tertiary/aromatic N) is 1. The summed E-state index contributed by atoms with van der Waals surface area (Å²) in [5, 5.41) is 1.32. The summed E-state index contributed by atoms with van der Waals surface area (Å²) >= 11 is 3.64. The molecular formula is C12H14BrN. The molecule has 14 heavy (non-hydrogen) atoms. The number of aromatic nitrogens is 1. The highest BCUT2D eigenvalue weighted by molar-refractivity contribution is 9.10. The summed E-state index contributed by atoms with van der Waals surface area (Å²) in [6, 6.07) is 6.51. The Balaban J connectivity index is 2.94. The SMILES string of the molecule is CCc1cccc2c(Br)c(C)n(C)c12. The second-order valence-electron chi connectivity index (χ2n) is 3.63. The Bertz CT molecular complexity index is 483. The Labute approximate surface area is 92.9 Å². The normalized spacial score (nSPS) is 11.1. The molecule has 2 rings (SSSR count). The molecule has 1 heterocycles. The van der Waals surface area contributed by atoms with Gasteiger partial charge in [0, 0.05) is 22.6 Å². The lowest BCUT2D eigenvalue weighted by atomic mass is 10.1. The first-order valence-corrected chi connectivity index (χ1v) is 5.68. The van der Waals surface area contributed by atoms with Crippen molar-refractivity contribution >= 4 is 26.8 Å². The van der Waals surface area contributed by atoms with Crippen molar-refractivity contribution in [3.63, 3.8) is 0 Å². The predicted molar refractivity (Wildman–Crippen MR) is 64.7 cm³/mol. The molecule has 0 saturated carbocycles. The third-order valence-electron chi connectivity index (χ3n) is 2.89. The number of hydrogen-bond donors (Lipinski definition) is 0. The van der Waals surface area contributed by atoms with E-state index in [0.717, 1.165) is 6.42 Å². The average molecular weight is 252 g/mol. The molecule has 0 N–H and O–H groups in total. The van der Waals surface area contributed by atoms with E-state index in [1.165, 1.54) is 26.6 Å². The fraction of sp³-hybridized carbons (Fsp3) is 0.333. The lowest BCUT2D eigenvalue weighted by Crippen LogP contribution is -1.93. The zero-order valence-electron chi connectivity index (χ0n) is 8.76. The molecule has 1 aromatic heterocycles. The number of benzene rings is 1. The van der Waals surface area contributed by atoms with Crippen molar-refractivity contribution in [1.82, 2.24) is 4.57 Å². The molecule has 0 atom stereocenters. The molecule has 0 aliphatic carbocycles. The third-order valence-corrected chi connectivity index (χ3v) is 3.89. The van der Waals surface area contributed by atoms with Gasteiger partial charge in [-0.3, -0.25) is 0 Å². The average Bonchev–Trinajstić information content (AvgIpc) is 2.44. The van der Waals surface area contributed by atoms with Gasteiger partial charge in [0.25, 0.3) is 0 Å². The maximum absolute atomic E-state index is 3.64. The Kier molecular flexibility index (Phi) is 2.40. The maximum atomic E-state index is 3.64. The lowest BCUT2D eigenvalue weighted by molar-refractivity contribution is 0.905. The Hall–Kier alpha value is -0.760. The molecule has 0 fully saturated rings. The van der Waals surface area contributed by atoms with Crippen molar-refractivity contribution in [3.05, 3.63) is 33.9 Å². The van der Waals surface area contributed by atoms with Crippen molar-refractivity contribution in [3.8, 4) is 0 Å². The molecule has 0 unspecified atom stereocenters. The highest BCUT2D eigenvalue weighted by atomic mass is 79.9. The molecule has 0 bridgehead atoms. The van der Waals surface area contributed by atoms with Crippen LogP contribution in [-0.4, -0.2) is 4.57 Å². The van der Waals surface area contributed by atoms with Gasteiger partial charge in [0.05, 0.1) is 5.52 Å². The van der Waals surface area contributed by atoms with Crippen LogP contribution >= 0.6 is 15.9 Å². The molecule has 0 amide bonds. The van der Waals surface area contributed by atoms with Crippen LogP contribution in [-0.2, 0) is 13.5 Å². The lowest BCUT2D eigenvalue weighted by Gasteiger charge is -2.03. The van der Waals surface area contributed by atoms with Gasteiger partial charge in [-0.15, -0.1) is 0 Å². The van der Waals surface area contributed by atoms with Gasteiger partial charge in [-0.25, -0.2) is 0 Å². The summed E-state index contributed by atoms with van der Waals surface area (Å²) in [6.07, 6.45) is 1.08. The topological polar surface area (TPSA) is 4.93 Å². The first-order valence-electron chi connectivity index (χ1n) is 4.89. The molecule has 0 saturated heterocycles. The Morgan fingerprint density at radius 2 is 2.07 bits per heavy atom. The number of fused-ring (bicyclic) bond motifs is 1. The van der Waals surface area contributed by atoms with Gasteiger partial charge >= 0.3 is 0 Å². The molecule has 0 spiro atoms. The standard InChI is InChI=1S/C12H14BrN/c1-4-9-6-5-7-10-11(13)8(2)14(3)12(9)10/h5-7H,4H2,1-3H3. The van der Waals surface area contributed by atoms with Crippen LogP contribution in [0.2, 0.25) is 0 Å². The fourth-order valence-electron chi connectivity index (χ4n) is 1.96. The molecule has 2 aromatic rings. The molecular weight excluding hydrogens is 238 g/mol. The zero-order valence-corrected chi connectivity index (χ0v) is 10.4. The van der Waals surface area contributed by atoms with Crippen LogP contribution in [0.25, 0.3) is 10.9 Å². The van der Waals surface area contributed by atoms with Gasteiger partial charge in [-0.2, -0.15) is 0 Å². The number of para-hydroxylation sites is 1. The minimum Gasteiger partial charge on any atom is -0.347 e. The number of hydrogen-bond acceptors (Lipinski definition) is 0. The minimum absolute atomic E-state index is 1.08. The predicted octanol–water partition coefficient (Wildman–Crippen LogP) is 3.81. The van der Waals surface area contributed by atoms with Crippen LogP contribution < -0.4 is 0 Å². The number of halogens is 1. The second-order valence-corrected chi connectivity index (χ2v) is 4.42. The van der Waals surface area contributed by atoms with Crippen LogP contribution in [0.3, 0.4) is 0 Å². The van der Waals surface area contributed by atoms with Gasteiger partial charge in [-0.1, -0.05) is 25.1 Å². The summed E-state index contributed by atoms with van der Waals surface area (Å²) in [5.41, 5.74) is 4.07. The molecule has 74 valence electrons. The highest BCUT2D eigenvalue weighted by Crippen LogP contribution is 2.31. The van der Waals surface area contributed by atoms with Crippen LogP contribution in [0, 0.1) is 6.92 Å². The van der Waals surface area contributed by atoms with Crippen molar-refractivity contribution in [1.29, 1.82) is 0 Å². The van der Waals surface area contributed by atoms with E-state index in [0.29, 0.717) is 0 Å². The number of rotatable bonds is 1. The second kappa shape index (κ2) is 3.43. The molecule has 1 nitrogen and oxygen atoms in total. The van der Waals surface area contributed by atoms with E-state index >= 15 is 0 Å². The van der Waals surface area contributed by atoms with Crippen molar-refractivity contribution < 1.29 is 0 Å². The zero-order chi connectivity index (χ0) is 10.3. The van der Waals surface area contributed by atoms with Crippen molar-refractivity contribution in [2.24, 2.45) is 7.05 Å². The highest BCUT2D eigenvalue weighted by Gasteiger charge is 2.11. The smallest absolute Gasteiger partial charge is 0.0524 e. The van der Waals surface area contributed by atoms with Gasteiger partial charge in [0.2, 0.25) is 0 Å². The van der Waals surface area contributed by atoms with Crippen LogP contribution in [0.15, 0.2) is 22.7 Å². The molecule has 2 heteroatoms. The summed E-state index contributed by atoms with van der Waals surface area (Å²) in [6.45, 7) is 4.34. The number of aryl methyl sites for hydroxylation is 2. The fourth-order valence-corrected chi connectivity index (χ4v) is 2.55. The largest absolute Gasteiger partial charge is 0.347 e. The molecule has 0 aliphatic heterocycles. The van der Waals surface area contributed by atoms with E-state index in [4.69, 9.17) is 0 Å². The quantitative estimate of drug-likeness (QED) is 0.727. The third kappa shape index (κ3) is 1.21. The van der Waals surface area contributed by atoms with Crippen LogP contribution in [0.4, 0.5) is 0 Å². The molecule has 0 aliphatic rings. The van der Waals surface area contributed by atoms with E-state index in [1.54, 1.807) is 0 Å². The van der Waals surface area contributed by atoms with E-state index in [2.05, 4.69) is 59.6 Å². The van der Waals surface area contributed by atoms with Crippen LogP contribution in [0.1, 0.15) is 18.2 Å². The van der Waals surface area contributed by atoms with Crippen LogP contribution in [0.5, 0.6) is 0 Å². The summed E-state index contributed by atoms with van der Waals surface area (Å²) in [4.78, 5) is 0. The maximum Gasteiger partial charge on any atom is 0.0524 e. The van der Waals surface area contributed by atoms with E-state index in [9.17, 15) is 0 Å². The van der Waals surface area contributed by atoms with Crippen molar-refractivity contribution in [2.45, 2.75) is 20.3 Å².